The van der Waals surface area contributed by atoms with E-state index >= 15 is 0 Å². The molecule has 0 radical (unpaired) electrons. The third-order valence-electron chi connectivity index (χ3n) is 3.64. The van der Waals surface area contributed by atoms with Crippen molar-refractivity contribution in [2.75, 3.05) is 11.9 Å². The molecule has 0 spiro atoms. The van der Waals surface area contributed by atoms with Crippen molar-refractivity contribution in [3.05, 3.63) is 57.7 Å². The van der Waals surface area contributed by atoms with Gasteiger partial charge >= 0.3 is 0 Å². The normalized spacial score (nSPS) is 14.0. The van der Waals surface area contributed by atoms with Crippen LogP contribution in [0.4, 0.5) is 5.69 Å². The molecule has 0 fully saturated rings. The summed E-state index contributed by atoms with van der Waals surface area (Å²) in [4.78, 5) is 16.5. The second-order valence-corrected chi connectivity index (χ2v) is 8.45. The van der Waals surface area contributed by atoms with Gasteiger partial charge in [0.1, 0.15) is 5.84 Å². The number of nitrogens with one attached hydrogen (secondary N) is 2. The average Bonchev–Trinajstić information content (AvgIpc) is 3.08. The third-order valence-corrected chi connectivity index (χ3v) is 5.73. The van der Waals surface area contributed by atoms with E-state index in [1.165, 1.54) is 12.1 Å². The summed E-state index contributed by atoms with van der Waals surface area (Å²) in [5.74, 6) is 0.187. The van der Waals surface area contributed by atoms with Crippen molar-refractivity contribution in [3.63, 3.8) is 0 Å². The Kier molecular flexibility index (Phi) is 5.38. The maximum absolute atomic E-state index is 12.4. The zero-order valence-electron chi connectivity index (χ0n) is 13.2. The van der Waals surface area contributed by atoms with Gasteiger partial charge in [-0.25, -0.2) is 8.42 Å². The Bertz CT molecular complexity index is 924. The maximum Gasteiger partial charge on any atom is 0.262 e. The molecule has 2 N–H and O–H groups in total. The van der Waals surface area contributed by atoms with E-state index < -0.39 is 10.0 Å². The lowest BCUT2D eigenvalue weighted by Gasteiger charge is -2.10. The number of amides is 1. The van der Waals surface area contributed by atoms with Crippen LogP contribution < -0.4 is 10.0 Å². The largest absolute Gasteiger partial charge is 0.322 e. The monoisotopic (exact) mass is 469 g/mol. The van der Waals surface area contributed by atoms with Crippen LogP contribution in [-0.4, -0.2) is 26.7 Å². The molecule has 2 aromatic carbocycles. The third kappa shape index (κ3) is 4.57. The van der Waals surface area contributed by atoms with Crippen molar-refractivity contribution in [2.45, 2.75) is 17.7 Å². The SMILES string of the molecule is O=C(Nc1cccc(S(=O)(=O)NC2=NCCC2)c1)c1ccc(I)cc1. The van der Waals surface area contributed by atoms with Gasteiger partial charge in [-0.3, -0.25) is 14.5 Å². The number of rotatable bonds is 4. The minimum absolute atomic E-state index is 0.0857. The molecule has 0 saturated carbocycles. The Hall–Kier alpha value is -1.94. The number of carbonyl (C=O) groups excluding carboxylic acids is 1. The number of halogens is 1. The number of nitrogens with zero attached hydrogens (tertiary/aromatic N) is 1. The summed E-state index contributed by atoms with van der Waals surface area (Å²) in [6.07, 6.45) is 1.48. The lowest BCUT2D eigenvalue weighted by Crippen LogP contribution is -2.29. The topological polar surface area (TPSA) is 87.6 Å². The molecule has 1 aliphatic rings. The molecular weight excluding hydrogens is 453 g/mol. The highest BCUT2D eigenvalue weighted by Gasteiger charge is 2.18. The average molecular weight is 469 g/mol. The Morgan fingerprint density at radius 3 is 2.56 bits per heavy atom. The van der Waals surface area contributed by atoms with Gasteiger partial charge in [0.2, 0.25) is 0 Å². The lowest BCUT2D eigenvalue weighted by molar-refractivity contribution is 0.102. The Labute approximate surface area is 159 Å². The van der Waals surface area contributed by atoms with E-state index in [0.29, 0.717) is 30.1 Å². The number of amidine groups is 1. The predicted molar refractivity (Wildman–Crippen MR) is 105 cm³/mol. The molecule has 130 valence electrons. The van der Waals surface area contributed by atoms with E-state index in [-0.39, 0.29) is 10.8 Å². The fraction of sp³-hybridized carbons (Fsp3) is 0.176. The number of anilines is 1. The van der Waals surface area contributed by atoms with E-state index in [2.05, 4.69) is 37.6 Å². The van der Waals surface area contributed by atoms with Crippen LogP contribution >= 0.6 is 22.6 Å². The van der Waals surface area contributed by atoms with Crippen LogP contribution in [0.1, 0.15) is 23.2 Å². The molecule has 6 nitrogen and oxygen atoms in total. The van der Waals surface area contributed by atoms with Crippen molar-refractivity contribution in [2.24, 2.45) is 4.99 Å². The summed E-state index contributed by atoms with van der Waals surface area (Å²) in [5.41, 5.74) is 0.923. The van der Waals surface area contributed by atoms with Crippen LogP contribution in [0.5, 0.6) is 0 Å². The molecule has 25 heavy (non-hydrogen) atoms. The molecule has 0 atom stereocenters. The number of hydrogen-bond donors (Lipinski definition) is 2. The standard InChI is InChI=1S/C17H16IN3O3S/c18-13-8-6-12(7-9-13)17(22)20-14-3-1-4-15(11-14)25(23,24)21-16-5-2-10-19-16/h1,3-4,6-9,11H,2,5,10H2,(H,19,21)(H,20,22). The molecule has 2 aromatic rings. The Morgan fingerprint density at radius 1 is 1.12 bits per heavy atom. The summed E-state index contributed by atoms with van der Waals surface area (Å²) in [6, 6.07) is 13.3. The number of hydrogen-bond acceptors (Lipinski definition) is 4. The minimum atomic E-state index is -3.71. The number of sulfonamides is 1. The van der Waals surface area contributed by atoms with Crippen LogP contribution in [0, 0.1) is 3.57 Å². The second kappa shape index (κ2) is 7.52. The first-order valence-corrected chi connectivity index (χ1v) is 10.2. The Balaban J connectivity index is 1.76. The molecule has 3 rings (SSSR count). The van der Waals surface area contributed by atoms with Crippen molar-refractivity contribution in [1.82, 2.24) is 4.72 Å². The van der Waals surface area contributed by atoms with Gasteiger partial charge < -0.3 is 5.32 Å². The molecule has 1 amide bonds. The van der Waals surface area contributed by atoms with Crippen molar-refractivity contribution >= 4 is 50.0 Å². The molecule has 0 aliphatic carbocycles. The first kappa shape index (κ1) is 17.9. The van der Waals surface area contributed by atoms with Crippen LogP contribution in [0.3, 0.4) is 0 Å². The van der Waals surface area contributed by atoms with E-state index in [1.54, 1.807) is 24.3 Å². The first-order chi connectivity index (χ1) is 11.9. The highest BCUT2D eigenvalue weighted by atomic mass is 127. The molecule has 8 heteroatoms. The van der Waals surface area contributed by atoms with Crippen LogP contribution in [0.25, 0.3) is 0 Å². The summed E-state index contributed by atoms with van der Waals surface area (Å²) in [5, 5.41) is 2.72. The molecule has 1 aliphatic heterocycles. The van der Waals surface area contributed by atoms with E-state index in [4.69, 9.17) is 0 Å². The van der Waals surface area contributed by atoms with Gasteiger partial charge in [0.15, 0.2) is 0 Å². The quantitative estimate of drug-likeness (QED) is 0.676. The summed E-state index contributed by atoms with van der Waals surface area (Å²) >= 11 is 2.16. The molecular formula is C17H16IN3O3S. The molecule has 0 bridgehead atoms. The van der Waals surface area contributed by atoms with Gasteiger partial charge in [-0.1, -0.05) is 6.07 Å². The first-order valence-electron chi connectivity index (χ1n) is 7.67. The fourth-order valence-corrected chi connectivity index (χ4v) is 3.88. The van der Waals surface area contributed by atoms with Gasteiger partial charge in [-0.15, -0.1) is 0 Å². The number of carbonyl (C=O) groups is 1. The van der Waals surface area contributed by atoms with Gasteiger partial charge in [0.25, 0.3) is 15.9 Å². The number of benzene rings is 2. The van der Waals surface area contributed by atoms with Crippen LogP contribution in [0.15, 0.2) is 58.4 Å². The fourth-order valence-electron chi connectivity index (χ4n) is 2.38. The summed E-state index contributed by atoms with van der Waals surface area (Å²) < 4.78 is 28.4. The number of aliphatic imine (C=N–C) groups is 1. The van der Waals surface area contributed by atoms with Gasteiger partial charge in [-0.05, 0) is 71.5 Å². The van der Waals surface area contributed by atoms with Gasteiger partial charge in [0, 0.05) is 27.8 Å². The molecule has 1 heterocycles. The highest BCUT2D eigenvalue weighted by Crippen LogP contribution is 2.17. The van der Waals surface area contributed by atoms with Crippen molar-refractivity contribution in [1.29, 1.82) is 0 Å². The predicted octanol–water partition coefficient (Wildman–Crippen LogP) is 3.01. The lowest BCUT2D eigenvalue weighted by atomic mass is 10.2. The van der Waals surface area contributed by atoms with Crippen LogP contribution in [-0.2, 0) is 10.0 Å². The minimum Gasteiger partial charge on any atom is -0.322 e. The highest BCUT2D eigenvalue weighted by molar-refractivity contribution is 14.1. The summed E-state index contributed by atoms with van der Waals surface area (Å²) in [7, 11) is -3.71. The van der Waals surface area contributed by atoms with E-state index in [0.717, 1.165) is 9.99 Å². The zero-order chi connectivity index (χ0) is 17.9. The van der Waals surface area contributed by atoms with Crippen LogP contribution in [0.2, 0.25) is 0 Å². The smallest absolute Gasteiger partial charge is 0.262 e. The molecule has 0 saturated heterocycles. The van der Waals surface area contributed by atoms with E-state index in [9.17, 15) is 13.2 Å². The van der Waals surface area contributed by atoms with Gasteiger partial charge in [-0.2, -0.15) is 0 Å². The van der Waals surface area contributed by atoms with Crippen molar-refractivity contribution in [3.8, 4) is 0 Å². The molecule has 0 aromatic heterocycles. The Morgan fingerprint density at radius 2 is 1.88 bits per heavy atom. The second-order valence-electron chi connectivity index (χ2n) is 5.53. The van der Waals surface area contributed by atoms with Gasteiger partial charge in [0.05, 0.1) is 4.90 Å². The summed E-state index contributed by atoms with van der Waals surface area (Å²) in [6.45, 7) is 0.643. The van der Waals surface area contributed by atoms with Crippen molar-refractivity contribution < 1.29 is 13.2 Å². The molecule has 0 unspecified atom stereocenters. The van der Waals surface area contributed by atoms with E-state index in [1.807, 2.05) is 12.1 Å². The maximum atomic E-state index is 12.4. The zero-order valence-corrected chi connectivity index (χ0v) is 16.2.